The number of carbonyl (C=O) groups is 1. The summed E-state index contributed by atoms with van der Waals surface area (Å²) >= 11 is 6.09. The molecule has 0 aliphatic rings. The third-order valence-corrected chi connectivity index (χ3v) is 4.21. The third kappa shape index (κ3) is 4.55. The SMILES string of the molecule is CC(Cc1ccc(C(=O)O)cc1)(C[C@H](N)O)c1cccc(Cl)c1. The highest BCUT2D eigenvalue weighted by molar-refractivity contribution is 6.30. The molecule has 0 aromatic heterocycles. The molecule has 122 valence electrons. The topological polar surface area (TPSA) is 83.5 Å². The number of hydrogen-bond acceptors (Lipinski definition) is 3. The summed E-state index contributed by atoms with van der Waals surface area (Å²) < 4.78 is 0. The molecule has 0 spiro atoms. The van der Waals surface area contributed by atoms with E-state index in [1.165, 1.54) is 0 Å². The summed E-state index contributed by atoms with van der Waals surface area (Å²) in [6.45, 7) is 2.01. The Morgan fingerprint density at radius 2 is 1.91 bits per heavy atom. The lowest BCUT2D eigenvalue weighted by Gasteiger charge is -2.32. The quantitative estimate of drug-likeness (QED) is 0.709. The maximum Gasteiger partial charge on any atom is 0.335 e. The predicted octanol–water partition coefficient (Wildman–Crippen LogP) is 3.21. The Bertz CT molecular complexity index is 685. The lowest BCUT2D eigenvalue weighted by Crippen LogP contribution is -2.34. The zero-order valence-electron chi connectivity index (χ0n) is 12.9. The van der Waals surface area contributed by atoms with Gasteiger partial charge in [0.2, 0.25) is 0 Å². The summed E-state index contributed by atoms with van der Waals surface area (Å²) in [5.74, 6) is -0.952. The Labute approximate surface area is 140 Å². The van der Waals surface area contributed by atoms with Gasteiger partial charge in [0.25, 0.3) is 0 Å². The lowest BCUT2D eigenvalue weighted by atomic mass is 9.74. The average Bonchev–Trinajstić information content (AvgIpc) is 2.47. The number of hydrogen-bond donors (Lipinski definition) is 3. The fourth-order valence-electron chi connectivity index (χ4n) is 2.83. The summed E-state index contributed by atoms with van der Waals surface area (Å²) in [5.41, 5.74) is 7.40. The zero-order valence-corrected chi connectivity index (χ0v) is 13.6. The molecule has 0 saturated carbocycles. The fourth-order valence-corrected chi connectivity index (χ4v) is 3.02. The van der Waals surface area contributed by atoms with E-state index in [0.717, 1.165) is 11.1 Å². The van der Waals surface area contributed by atoms with Gasteiger partial charge in [-0.05, 0) is 48.2 Å². The Kier molecular flexibility index (Phi) is 5.42. The van der Waals surface area contributed by atoms with Crippen molar-refractivity contribution in [1.82, 2.24) is 0 Å². The van der Waals surface area contributed by atoms with Gasteiger partial charge in [-0.15, -0.1) is 0 Å². The first kappa shape index (κ1) is 17.5. The molecular weight excluding hydrogens is 314 g/mol. The van der Waals surface area contributed by atoms with Crippen LogP contribution < -0.4 is 5.73 Å². The van der Waals surface area contributed by atoms with Gasteiger partial charge < -0.3 is 15.9 Å². The standard InChI is InChI=1S/C18H20ClNO3/c1-18(11-16(20)21,14-3-2-4-15(19)9-14)10-12-5-7-13(8-6-12)17(22)23/h2-9,16,21H,10-11,20H2,1H3,(H,22,23)/t16-,18?/m1/s1. The van der Waals surface area contributed by atoms with Crippen LogP contribution in [0.1, 0.15) is 34.8 Å². The van der Waals surface area contributed by atoms with E-state index >= 15 is 0 Å². The average molecular weight is 334 g/mol. The summed E-state index contributed by atoms with van der Waals surface area (Å²) in [4.78, 5) is 10.9. The van der Waals surface area contributed by atoms with Crippen LogP contribution in [0, 0.1) is 0 Å². The molecule has 4 N–H and O–H groups in total. The van der Waals surface area contributed by atoms with Crippen LogP contribution in [0.2, 0.25) is 5.02 Å². The van der Waals surface area contributed by atoms with E-state index in [1.54, 1.807) is 30.3 Å². The molecule has 0 heterocycles. The first-order valence-corrected chi connectivity index (χ1v) is 7.70. The Hall–Kier alpha value is -1.88. The van der Waals surface area contributed by atoms with Gasteiger partial charge in [0, 0.05) is 10.4 Å². The molecule has 2 aromatic rings. The second-order valence-corrected chi connectivity index (χ2v) is 6.46. The maximum absolute atomic E-state index is 10.9. The van der Waals surface area contributed by atoms with Gasteiger partial charge in [0.05, 0.1) is 5.56 Å². The number of carboxylic acid groups (broad SMARTS) is 1. The highest BCUT2D eigenvalue weighted by atomic mass is 35.5. The van der Waals surface area contributed by atoms with Gasteiger partial charge in [-0.3, -0.25) is 0 Å². The Morgan fingerprint density at radius 3 is 2.43 bits per heavy atom. The number of benzene rings is 2. The van der Waals surface area contributed by atoms with Crippen LogP contribution in [0.3, 0.4) is 0 Å². The van der Waals surface area contributed by atoms with Crippen LogP contribution in [0.5, 0.6) is 0 Å². The monoisotopic (exact) mass is 333 g/mol. The van der Waals surface area contributed by atoms with Crippen molar-refractivity contribution in [2.24, 2.45) is 5.73 Å². The molecule has 2 atom stereocenters. The van der Waals surface area contributed by atoms with Crippen molar-refractivity contribution in [3.8, 4) is 0 Å². The fraction of sp³-hybridized carbons (Fsp3) is 0.278. The Morgan fingerprint density at radius 1 is 1.26 bits per heavy atom. The number of aliphatic hydroxyl groups is 1. The molecule has 0 aliphatic heterocycles. The minimum atomic E-state index is -0.952. The van der Waals surface area contributed by atoms with Crippen LogP contribution in [-0.4, -0.2) is 22.4 Å². The van der Waals surface area contributed by atoms with Gasteiger partial charge >= 0.3 is 5.97 Å². The highest BCUT2D eigenvalue weighted by Gasteiger charge is 2.29. The van der Waals surface area contributed by atoms with E-state index in [9.17, 15) is 9.90 Å². The van der Waals surface area contributed by atoms with Gasteiger partial charge in [0.1, 0.15) is 6.23 Å². The van der Waals surface area contributed by atoms with E-state index in [-0.39, 0.29) is 5.56 Å². The molecule has 0 aliphatic carbocycles. The van der Waals surface area contributed by atoms with Crippen LogP contribution >= 0.6 is 11.6 Å². The second kappa shape index (κ2) is 7.13. The second-order valence-electron chi connectivity index (χ2n) is 6.02. The largest absolute Gasteiger partial charge is 0.478 e. The summed E-state index contributed by atoms with van der Waals surface area (Å²) in [5, 5.41) is 19.3. The maximum atomic E-state index is 10.9. The molecule has 0 radical (unpaired) electrons. The van der Waals surface area contributed by atoms with Crippen molar-refractivity contribution >= 4 is 17.6 Å². The first-order chi connectivity index (χ1) is 10.8. The van der Waals surface area contributed by atoms with Crippen LogP contribution in [0.25, 0.3) is 0 Å². The van der Waals surface area contributed by atoms with Crippen molar-refractivity contribution in [2.45, 2.75) is 31.4 Å². The van der Waals surface area contributed by atoms with E-state index in [0.29, 0.717) is 17.9 Å². The van der Waals surface area contributed by atoms with Crippen molar-refractivity contribution in [3.63, 3.8) is 0 Å². The Balaban J connectivity index is 2.33. The summed E-state index contributed by atoms with van der Waals surface area (Å²) in [6, 6.07) is 14.2. The van der Waals surface area contributed by atoms with E-state index < -0.39 is 17.6 Å². The molecule has 23 heavy (non-hydrogen) atoms. The summed E-state index contributed by atoms with van der Waals surface area (Å²) in [7, 11) is 0. The van der Waals surface area contributed by atoms with Crippen molar-refractivity contribution in [1.29, 1.82) is 0 Å². The molecule has 0 fully saturated rings. The normalized spacial score (nSPS) is 15.0. The number of nitrogens with two attached hydrogens (primary N) is 1. The van der Waals surface area contributed by atoms with Gasteiger partial charge in [-0.1, -0.05) is 42.8 Å². The van der Waals surface area contributed by atoms with Crippen LogP contribution in [-0.2, 0) is 11.8 Å². The van der Waals surface area contributed by atoms with Crippen LogP contribution in [0.15, 0.2) is 48.5 Å². The smallest absolute Gasteiger partial charge is 0.335 e. The van der Waals surface area contributed by atoms with E-state index in [4.69, 9.17) is 22.4 Å². The third-order valence-electron chi connectivity index (χ3n) is 3.98. The minimum absolute atomic E-state index is 0.247. The minimum Gasteiger partial charge on any atom is -0.478 e. The predicted molar refractivity (Wildman–Crippen MR) is 90.7 cm³/mol. The highest BCUT2D eigenvalue weighted by Crippen LogP contribution is 2.33. The number of rotatable bonds is 6. The van der Waals surface area contributed by atoms with Crippen molar-refractivity contribution < 1.29 is 15.0 Å². The molecular formula is C18H20ClNO3. The molecule has 0 bridgehead atoms. The van der Waals surface area contributed by atoms with E-state index in [1.807, 2.05) is 25.1 Å². The van der Waals surface area contributed by atoms with Gasteiger partial charge in [0.15, 0.2) is 0 Å². The zero-order chi connectivity index (χ0) is 17.0. The van der Waals surface area contributed by atoms with Gasteiger partial charge in [-0.2, -0.15) is 0 Å². The number of aromatic carboxylic acids is 1. The number of aliphatic hydroxyl groups excluding tert-OH is 1. The number of halogens is 1. The molecule has 2 rings (SSSR count). The van der Waals surface area contributed by atoms with Crippen LogP contribution in [0.4, 0.5) is 0 Å². The molecule has 0 saturated heterocycles. The lowest BCUT2D eigenvalue weighted by molar-refractivity contribution is 0.0697. The first-order valence-electron chi connectivity index (χ1n) is 7.32. The summed E-state index contributed by atoms with van der Waals surface area (Å²) in [6.07, 6.45) is 0.0347. The molecule has 4 nitrogen and oxygen atoms in total. The van der Waals surface area contributed by atoms with Gasteiger partial charge in [-0.25, -0.2) is 4.79 Å². The van der Waals surface area contributed by atoms with Crippen molar-refractivity contribution in [3.05, 3.63) is 70.2 Å². The molecule has 0 amide bonds. The molecule has 2 aromatic carbocycles. The molecule has 5 heteroatoms. The van der Waals surface area contributed by atoms with E-state index in [2.05, 4.69) is 0 Å². The number of carboxylic acids is 1. The molecule has 1 unspecified atom stereocenters. The van der Waals surface area contributed by atoms with Crippen molar-refractivity contribution in [2.75, 3.05) is 0 Å².